The summed E-state index contributed by atoms with van der Waals surface area (Å²) in [4.78, 5) is 0. The molecule has 1 atom stereocenters. The Morgan fingerprint density at radius 3 is 2.33 bits per heavy atom. The van der Waals surface area contributed by atoms with Crippen molar-refractivity contribution < 1.29 is 13.2 Å². The van der Waals surface area contributed by atoms with Crippen molar-refractivity contribution in [3.63, 3.8) is 0 Å². The smallest absolute Gasteiger partial charge is 0.128 e. The Morgan fingerprint density at radius 1 is 1.05 bits per heavy atom. The van der Waals surface area contributed by atoms with Crippen LogP contribution in [0.25, 0.3) is 0 Å². The highest BCUT2D eigenvalue weighted by molar-refractivity contribution is 6.30. The summed E-state index contributed by atoms with van der Waals surface area (Å²) in [6, 6.07) is 6.65. The van der Waals surface area contributed by atoms with Crippen molar-refractivity contribution in [2.45, 2.75) is 19.4 Å². The van der Waals surface area contributed by atoms with Gasteiger partial charge in [0, 0.05) is 16.7 Å². The first kappa shape index (κ1) is 15.9. The average molecular weight is 314 g/mol. The molecule has 0 saturated carbocycles. The maximum Gasteiger partial charge on any atom is 0.128 e. The van der Waals surface area contributed by atoms with Gasteiger partial charge in [-0.15, -0.1) is 0 Å². The fourth-order valence-electron chi connectivity index (χ4n) is 2.17. The Morgan fingerprint density at radius 2 is 1.71 bits per heavy atom. The molecule has 0 aliphatic carbocycles. The Kier molecular flexibility index (Phi) is 5.26. The molecule has 0 radical (unpaired) electrons. The van der Waals surface area contributed by atoms with Crippen molar-refractivity contribution in [3.8, 4) is 0 Å². The van der Waals surface area contributed by atoms with Gasteiger partial charge in [-0.3, -0.25) is 0 Å². The molecule has 2 rings (SSSR count). The van der Waals surface area contributed by atoms with E-state index in [0.29, 0.717) is 17.1 Å². The van der Waals surface area contributed by atoms with E-state index in [-0.39, 0.29) is 5.56 Å². The van der Waals surface area contributed by atoms with Crippen LogP contribution in [0.15, 0.2) is 36.4 Å². The molecule has 1 nitrogen and oxygen atoms in total. The molecule has 1 unspecified atom stereocenters. The van der Waals surface area contributed by atoms with Gasteiger partial charge in [0.05, 0.1) is 6.04 Å². The zero-order valence-corrected chi connectivity index (χ0v) is 12.2. The molecule has 0 saturated heterocycles. The van der Waals surface area contributed by atoms with Crippen molar-refractivity contribution in [1.29, 1.82) is 0 Å². The number of halogens is 4. The Balaban J connectivity index is 2.49. The van der Waals surface area contributed by atoms with Gasteiger partial charge in [-0.05, 0) is 48.9 Å². The Hall–Kier alpha value is -1.52. The molecule has 0 aliphatic heterocycles. The quantitative estimate of drug-likeness (QED) is 0.832. The lowest BCUT2D eigenvalue weighted by molar-refractivity contribution is 0.533. The summed E-state index contributed by atoms with van der Waals surface area (Å²) in [7, 11) is 0. The monoisotopic (exact) mass is 313 g/mol. The molecular weight excluding hydrogens is 299 g/mol. The molecule has 0 fully saturated rings. The fourth-order valence-corrected chi connectivity index (χ4v) is 2.35. The molecule has 0 aliphatic rings. The van der Waals surface area contributed by atoms with Crippen molar-refractivity contribution in [3.05, 3.63) is 70.0 Å². The van der Waals surface area contributed by atoms with E-state index in [1.54, 1.807) is 0 Å². The summed E-state index contributed by atoms with van der Waals surface area (Å²) < 4.78 is 40.9. The Bertz CT molecular complexity index is 611. The number of hydrogen-bond donors (Lipinski definition) is 1. The van der Waals surface area contributed by atoms with Crippen molar-refractivity contribution in [1.82, 2.24) is 5.32 Å². The third kappa shape index (κ3) is 3.99. The fraction of sp³-hybridized carbons (Fsp3) is 0.250. The van der Waals surface area contributed by atoms with Gasteiger partial charge in [-0.1, -0.05) is 18.5 Å². The lowest BCUT2D eigenvalue weighted by atomic mass is 9.97. The standard InChI is InChI=1S/C16H15ClF3N/c1-2-5-21-16(10-6-12(18)9-13(19)7-10)14-8-11(17)3-4-15(14)20/h3-4,6-9,16,21H,2,5H2,1H3. The van der Waals surface area contributed by atoms with Gasteiger partial charge in [0.2, 0.25) is 0 Å². The van der Waals surface area contributed by atoms with E-state index in [2.05, 4.69) is 5.32 Å². The first-order chi connectivity index (χ1) is 10.0. The van der Waals surface area contributed by atoms with Crippen LogP contribution < -0.4 is 5.32 Å². The minimum absolute atomic E-state index is 0.265. The molecule has 2 aromatic carbocycles. The van der Waals surface area contributed by atoms with Crippen LogP contribution in [0.4, 0.5) is 13.2 Å². The van der Waals surface area contributed by atoms with Crippen LogP contribution in [0.5, 0.6) is 0 Å². The van der Waals surface area contributed by atoms with E-state index in [1.165, 1.54) is 30.3 Å². The van der Waals surface area contributed by atoms with Crippen LogP contribution in [0.1, 0.15) is 30.5 Å². The number of rotatable bonds is 5. The third-order valence-corrected chi connectivity index (χ3v) is 3.32. The van der Waals surface area contributed by atoms with Gasteiger partial charge >= 0.3 is 0 Å². The highest BCUT2D eigenvalue weighted by atomic mass is 35.5. The molecule has 112 valence electrons. The van der Waals surface area contributed by atoms with Gasteiger partial charge in [-0.25, -0.2) is 13.2 Å². The minimum atomic E-state index is -0.698. The molecule has 0 amide bonds. The maximum atomic E-state index is 14.0. The molecule has 0 spiro atoms. The zero-order valence-electron chi connectivity index (χ0n) is 11.5. The van der Waals surface area contributed by atoms with Gasteiger partial charge in [-0.2, -0.15) is 0 Å². The molecular formula is C16H15ClF3N. The summed E-state index contributed by atoms with van der Waals surface area (Å²) in [6.45, 7) is 2.53. The predicted molar refractivity (Wildman–Crippen MR) is 77.9 cm³/mol. The predicted octanol–water partition coefficient (Wildman–Crippen LogP) is 4.85. The van der Waals surface area contributed by atoms with Crippen LogP contribution in [-0.2, 0) is 0 Å². The second-order valence-corrected chi connectivity index (χ2v) is 5.19. The number of hydrogen-bond acceptors (Lipinski definition) is 1. The van der Waals surface area contributed by atoms with E-state index in [4.69, 9.17) is 11.6 Å². The van der Waals surface area contributed by atoms with Crippen LogP contribution in [0, 0.1) is 17.5 Å². The first-order valence-corrected chi connectivity index (χ1v) is 7.03. The molecule has 0 heterocycles. The average Bonchev–Trinajstić information content (AvgIpc) is 2.42. The van der Waals surface area contributed by atoms with E-state index in [0.717, 1.165) is 12.5 Å². The van der Waals surface area contributed by atoms with Crippen molar-refractivity contribution >= 4 is 11.6 Å². The van der Waals surface area contributed by atoms with Gasteiger partial charge < -0.3 is 5.32 Å². The molecule has 21 heavy (non-hydrogen) atoms. The van der Waals surface area contributed by atoms with Crippen molar-refractivity contribution in [2.24, 2.45) is 0 Å². The summed E-state index contributed by atoms with van der Waals surface area (Å²) in [5.74, 6) is -1.87. The summed E-state index contributed by atoms with van der Waals surface area (Å²) >= 11 is 5.90. The normalized spacial score (nSPS) is 12.4. The molecule has 5 heteroatoms. The molecule has 1 N–H and O–H groups in total. The first-order valence-electron chi connectivity index (χ1n) is 6.65. The molecule has 2 aromatic rings. The second-order valence-electron chi connectivity index (χ2n) is 4.76. The van der Waals surface area contributed by atoms with E-state index >= 15 is 0 Å². The zero-order chi connectivity index (χ0) is 15.4. The van der Waals surface area contributed by atoms with E-state index < -0.39 is 23.5 Å². The minimum Gasteiger partial charge on any atom is -0.306 e. The lowest BCUT2D eigenvalue weighted by Crippen LogP contribution is -2.24. The third-order valence-electron chi connectivity index (χ3n) is 3.09. The summed E-state index contributed by atoms with van der Waals surface area (Å²) in [5, 5.41) is 3.46. The van der Waals surface area contributed by atoms with Crippen molar-refractivity contribution in [2.75, 3.05) is 6.54 Å². The van der Waals surface area contributed by atoms with Gasteiger partial charge in [0.1, 0.15) is 17.5 Å². The molecule has 0 bridgehead atoms. The van der Waals surface area contributed by atoms with Crippen LogP contribution >= 0.6 is 11.6 Å². The largest absolute Gasteiger partial charge is 0.306 e. The summed E-state index contributed by atoms with van der Waals surface area (Å²) in [6.07, 6.45) is 0.802. The van der Waals surface area contributed by atoms with E-state index in [9.17, 15) is 13.2 Å². The second kappa shape index (κ2) is 6.96. The number of benzene rings is 2. The Labute approximate surface area is 126 Å². The summed E-state index contributed by atoms with van der Waals surface area (Å²) in [5.41, 5.74) is 0.586. The van der Waals surface area contributed by atoms with Gasteiger partial charge in [0.25, 0.3) is 0 Å². The SMILES string of the molecule is CCCNC(c1cc(F)cc(F)c1)c1cc(Cl)ccc1F. The van der Waals surface area contributed by atoms with Crippen LogP contribution in [0.3, 0.4) is 0 Å². The van der Waals surface area contributed by atoms with E-state index in [1.807, 2.05) is 6.92 Å². The number of nitrogens with one attached hydrogen (secondary N) is 1. The van der Waals surface area contributed by atoms with Crippen LogP contribution in [-0.4, -0.2) is 6.54 Å². The lowest BCUT2D eigenvalue weighted by Gasteiger charge is -2.20. The highest BCUT2D eigenvalue weighted by Crippen LogP contribution is 2.28. The van der Waals surface area contributed by atoms with Crippen LogP contribution in [0.2, 0.25) is 5.02 Å². The highest BCUT2D eigenvalue weighted by Gasteiger charge is 2.19. The molecule has 0 aromatic heterocycles. The maximum absolute atomic E-state index is 14.0. The van der Waals surface area contributed by atoms with Gasteiger partial charge in [0.15, 0.2) is 0 Å². The topological polar surface area (TPSA) is 12.0 Å².